The summed E-state index contributed by atoms with van der Waals surface area (Å²) < 4.78 is 15.5. The van der Waals surface area contributed by atoms with E-state index in [0.29, 0.717) is 6.42 Å². The summed E-state index contributed by atoms with van der Waals surface area (Å²) in [7, 11) is -4.82. The Morgan fingerprint density at radius 3 is 2.32 bits per heavy atom. The summed E-state index contributed by atoms with van der Waals surface area (Å²) in [6.07, 6.45) is 0.592. The van der Waals surface area contributed by atoms with Crippen molar-refractivity contribution < 1.29 is 34.2 Å². The Hall–Kier alpha value is -2.21. The Labute approximate surface area is 126 Å². The van der Waals surface area contributed by atoms with Crippen LogP contribution < -0.4 is 4.52 Å². The van der Waals surface area contributed by atoms with Crippen LogP contribution in [-0.2, 0) is 17.4 Å². The molecule has 0 saturated carbocycles. The smallest absolute Gasteiger partial charge is 0.508 e. The lowest BCUT2D eigenvalue weighted by Crippen LogP contribution is -1.98. The minimum absolute atomic E-state index is 0.0964. The van der Waals surface area contributed by atoms with Gasteiger partial charge in [0.05, 0.1) is 0 Å². The van der Waals surface area contributed by atoms with Crippen LogP contribution in [0.5, 0.6) is 23.0 Å². The van der Waals surface area contributed by atoms with Crippen molar-refractivity contribution in [2.75, 3.05) is 0 Å². The third-order valence-corrected chi connectivity index (χ3v) is 3.40. The molecule has 5 N–H and O–H groups in total. The molecule has 0 bridgehead atoms. The molecule has 0 radical (unpaired) electrons. The number of phosphoric ester groups is 1. The van der Waals surface area contributed by atoms with Crippen molar-refractivity contribution in [1.82, 2.24) is 0 Å². The van der Waals surface area contributed by atoms with E-state index in [-0.39, 0.29) is 35.0 Å². The van der Waals surface area contributed by atoms with Gasteiger partial charge in [0.25, 0.3) is 0 Å². The SMILES string of the molecule is O=P(O)(O)Oc1cc(O)cc(O)c1CCc1cccc(O)c1. The van der Waals surface area contributed by atoms with Crippen molar-refractivity contribution in [3.05, 3.63) is 47.5 Å². The van der Waals surface area contributed by atoms with Gasteiger partial charge in [-0.15, -0.1) is 0 Å². The zero-order chi connectivity index (χ0) is 16.3. The maximum Gasteiger partial charge on any atom is 0.524 e. The summed E-state index contributed by atoms with van der Waals surface area (Å²) in [5.74, 6) is -0.893. The highest BCUT2D eigenvalue weighted by Gasteiger charge is 2.21. The van der Waals surface area contributed by atoms with Crippen LogP contribution in [0.25, 0.3) is 0 Å². The van der Waals surface area contributed by atoms with E-state index in [1.807, 2.05) is 0 Å². The molecular weight excluding hydrogens is 311 g/mol. The minimum atomic E-state index is -4.82. The van der Waals surface area contributed by atoms with Crippen LogP contribution in [0.3, 0.4) is 0 Å². The van der Waals surface area contributed by atoms with E-state index in [4.69, 9.17) is 9.79 Å². The maximum atomic E-state index is 11.0. The normalized spacial score (nSPS) is 11.4. The van der Waals surface area contributed by atoms with Crippen molar-refractivity contribution in [3.63, 3.8) is 0 Å². The molecule has 8 heteroatoms. The summed E-state index contributed by atoms with van der Waals surface area (Å²) in [5, 5.41) is 28.7. The van der Waals surface area contributed by atoms with Gasteiger partial charge in [0.15, 0.2) is 0 Å². The van der Waals surface area contributed by atoms with Gasteiger partial charge >= 0.3 is 7.82 Å². The van der Waals surface area contributed by atoms with Gasteiger partial charge in [-0.25, -0.2) is 4.57 Å². The molecule has 0 atom stereocenters. The predicted molar refractivity (Wildman–Crippen MR) is 78.0 cm³/mol. The largest absolute Gasteiger partial charge is 0.524 e. The van der Waals surface area contributed by atoms with Crippen molar-refractivity contribution in [2.45, 2.75) is 12.8 Å². The summed E-state index contributed by atoms with van der Waals surface area (Å²) >= 11 is 0. The van der Waals surface area contributed by atoms with Gasteiger partial charge in [-0.05, 0) is 30.5 Å². The zero-order valence-electron chi connectivity index (χ0n) is 11.4. The summed E-state index contributed by atoms with van der Waals surface area (Å²) in [6, 6.07) is 8.57. The Kier molecular flexibility index (Phi) is 4.61. The van der Waals surface area contributed by atoms with Gasteiger partial charge in [-0.2, -0.15) is 0 Å². The zero-order valence-corrected chi connectivity index (χ0v) is 12.3. The van der Waals surface area contributed by atoms with E-state index in [1.165, 1.54) is 6.07 Å². The molecule has 0 fully saturated rings. The number of rotatable bonds is 5. The summed E-state index contributed by atoms with van der Waals surface area (Å²) in [5.41, 5.74) is 0.930. The van der Waals surface area contributed by atoms with Gasteiger partial charge in [0.1, 0.15) is 23.0 Å². The quantitative estimate of drug-likeness (QED) is 0.532. The lowest BCUT2D eigenvalue weighted by molar-refractivity contribution is 0.281. The number of phosphoric acid groups is 1. The third kappa shape index (κ3) is 4.39. The molecule has 0 saturated heterocycles. The van der Waals surface area contributed by atoms with Gasteiger partial charge in [0.2, 0.25) is 0 Å². The Balaban J connectivity index is 2.27. The number of aromatic hydroxyl groups is 3. The second kappa shape index (κ2) is 6.27. The van der Waals surface area contributed by atoms with Crippen LogP contribution in [0.1, 0.15) is 11.1 Å². The highest BCUT2D eigenvalue weighted by molar-refractivity contribution is 7.46. The average Bonchev–Trinajstić information content (AvgIpc) is 2.35. The summed E-state index contributed by atoms with van der Waals surface area (Å²) in [6.45, 7) is 0. The van der Waals surface area contributed by atoms with Crippen LogP contribution in [0.2, 0.25) is 0 Å². The third-order valence-electron chi connectivity index (χ3n) is 2.96. The molecule has 0 aliphatic heterocycles. The van der Waals surface area contributed by atoms with Gasteiger partial charge in [-0.3, -0.25) is 9.79 Å². The number of benzene rings is 2. The molecule has 2 rings (SSSR count). The maximum absolute atomic E-state index is 11.0. The predicted octanol–water partition coefficient (Wildman–Crippen LogP) is 2.06. The first kappa shape index (κ1) is 16.2. The highest BCUT2D eigenvalue weighted by Crippen LogP contribution is 2.43. The summed E-state index contributed by atoms with van der Waals surface area (Å²) in [4.78, 5) is 17.8. The second-order valence-electron chi connectivity index (χ2n) is 4.69. The Bertz CT molecular complexity index is 723. The monoisotopic (exact) mass is 326 g/mol. The van der Waals surface area contributed by atoms with Gasteiger partial charge in [0, 0.05) is 17.7 Å². The molecule has 0 unspecified atom stereocenters. The van der Waals surface area contributed by atoms with Crippen molar-refractivity contribution in [3.8, 4) is 23.0 Å². The molecule has 118 valence electrons. The van der Waals surface area contributed by atoms with Crippen LogP contribution in [0.4, 0.5) is 0 Å². The van der Waals surface area contributed by atoms with E-state index in [0.717, 1.165) is 17.7 Å². The number of phenols is 3. The lowest BCUT2D eigenvalue weighted by atomic mass is 10.0. The van der Waals surface area contributed by atoms with Crippen LogP contribution in [0, 0.1) is 0 Å². The highest BCUT2D eigenvalue weighted by atomic mass is 31.2. The van der Waals surface area contributed by atoms with Crippen LogP contribution >= 0.6 is 7.82 Å². The van der Waals surface area contributed by atoms with E-state index in [9.17, 15) is 19.9 Å². The molecule has 0 aromatic heterocycles. The molecule has 2 aromatic carbocycles. The number of phenolic OH excluding ortho intramolecular Hbond substituents is 3. The first-order chi connectivity index (χ1) is 10.2. The first-order valence-electron chi connectivity index (χ1n) is 6.32. The van der Waals surface area contributed by atoms with E-state index < -0.39 is 7.82 Å². The Morgan fingerprint density at radius 2 is 1.68 bits per heavy atom. The molecule has 0 spiro atoms. The second-order valence-corrected chi connectivity index (χ2v) is 5.86. The fourth-order valence-electron chi connectivity index (χ4n) is 2.06. The van der Waals surface area contributed by atoms with Crippen molar-refractivity contribution in [1.29, 1.82) is 0 Å². The number of aryl methyl sites for hydroxylation is 1. The number of hydrogen-bond acceptors (Lipinski definition) is 5. The van der Waals surface area contributed by atoms with E-state index in [2.05, 4.69) is 4.52 Å². The topological polar surface area (TPSA) is 127 Å². The van der Waals surface area contributed by atoms with Crippen LogP contribution in [0.15, 0.2) is 36.4 Å². The number of hydrogen-bond donors (Lipinski definition) is 5. The molecular formula is C14H15O7P. The fourth-order valence-corrected chi connectivity index (χ4v) is 2.48. The first-order valence-corrected chi connectivity index (χ1v) is 7.85. The molecule has 0 amide bonds. The minimum Gasteiger partial charge on any atom is -0.508 e. The molecule has 7 nitrogen and oxygen atoms in total. The van der Waals surface area contributed by atoms with E-state index in [1.54, 1.807) is 18.2 Å². The average molecular weight is 326 g/mol. The van der Waals surface area contributed by atoms with Gasteiger partial charge < -0.3 is 19.8 Å². The van der Waals surface area contributed by atoms with Crippen molar-refractivity contribution in [2.24, 2.45) is 0 Å². The molecule has 0 heterocycles. The standard InChI is InChI=1S/C14H15O7P/c15-10-3-1-2-9(6-10)4-5-12-13(17)7-11(16)8-14(12)21-22(18,19)20/h1-3,6-8,15-17H,4-5H2,(H2,18,19,20). The Morgan fingerprint density at radius 1 is 0.955 bits per heavy atom. The van der Waals surface area contributed by atoms with Crippen molar-refractivity contribution >= 4 is 7.82 Å². The van der Waals surface area contributed by atoms with E-state index >= 15 is 0 Å². The molecule has 0 aliphatic rings. The molecule has 22 heavy (non-hydrogen) atoms. The molecule has 0 aliphatic carbocycles. The fraction of sp³-hybridized carbons (Fsp3) is 0.143. The lowest BCUT2D eigenvalue weighted by Gasteiger charge is -2.14. The van der Waals surface area contributed by atoms with Gasteiger partial charge in [-0.1, -0.05) is 12.1 Å². The molecule has 2 aromatic rings. The van der Waals surface area contributed by atoms with Crippen LogP contribution in [-0.4, -0.2) is 25.1 Å².